The number of esters is 10. The average molecular weight is 2020 g/mol. The lowest BCUT2D eigenvalue weighted by atomic mass is 9.96. The number of ether oxygens (including phenoxy) is 19. The topological polar surface area (TPSA) is 637 Å². The number of unbranched alkanes of at least 4 members (excludes halogenated alkanes) is 10. The molecule has 3 aliphatic rings. The van der Waals surface area contributed by atoms with E-state index in [0.29, 0.717) is 83.5 Å². The molecule has 0 saturated carbocycles. The Hall–Kier alpha value is -11.0. The van der Waals surface area contributed by atoms with Crippen LogP contribution in [0, 0.1) is 0 Å². The molecule has 0 aliphatic carbocycles. The first-order chi connectivity index (χ1) is 67.1. The van der Waals surface area contributed by atoms with Crippen LogP contribution in [-0.2, 0) is 186 Å². The van der Waals surface area contributed by atoms with E-state index < -0.39 is 212 Å². The van der Waals surface area contributed by atoms with Crippen LogP contribution in [0.5, 0.6) is 0 Å². The Morgan fingerprint density at radius 1 is 0.255 bits per heavy atom. The molecule has 3 fully saturated rings. The molecule has 3 heterocycles. The van der Waals surface area contributed by atoms with E-state index in [-0.39, 0.29) is 167 Å². The van der Waals surface area contributed by atoms with Crippen molar-refractivity contribution < 1.29 is 186 Å². The van der Waals surface area contributed by atoms with Crippen LogP contribution < -0.4 is 53.2 Å². The van der Waals surface area contributed by atoms with E-state index in [1.807, 2.05) is 0 Å². The van der Waals surface area contributed by atoms with Gasteiger partial charge in [0.15, 0.2) is 55.5 Å². The number of hydrogen-bond donors (Lipinski definition) is 10. The number of carbonyl (C=O) groups is 20. The lowest BCUT2D eigenvalue weighted by Crippen LogP contribution is -2.66. The second-order valence-corrected chi connectivity index (χ2v) is 33.9. The minimum Gasteiger partial charge on any atom is -0.469 e. The van der Waals surface area contributed by atoms with Crippen molar-refractivity contribution >= 4 is 119 Å². The maximum atomic E-state index is 14.1. The molecule has 0 bridgehead atoms. The van der Waals surface area contributed by atoms with E-state index in [9.17, 15) is 95.9 Å². The van der Waals surface area contributed by atoms with Crippen molar-refractivity contribution in [2.24, 2.45) is 0 Å². The number of rotatable bonds is 72. The summed E-state index contributed by atoms with van der Waals surface area (Å²) in [6.07, 6.45) is -5.78. The summed E-state index contributed by atoms with van der Waals surface area (Å²) in [6, 6.07) is -3.52. The van der Waals surface area contributed by atoms with Crippen molar-refractivity contribution in [2.45, 2.75) is 341 Å². The van der Waals surface area contributed by atoms with Gasteiger partial charge in [-0.05, 0) is 70.6 Å². The Labute approximate surface area is 821 Å². The van der Waals surface area contributed by atoms with Crippen LogP contribution >= 0.6 is 0 Å². The summed E-state index contributed by atoms with van der Waals surface area (Å²) >= 11 is 0. The van der Waals surface area contributed by atoms with Gasteiger partial charge in [0.05, 0.1) is 46.8 Å². The van der Waals surface area contributed by atoms with Crippen LogP contribution in [0.4, 0.5) is 0 Å². The largest absolute Gasteiger partial charge is 0.469 e. The molecule has 3 rings (SSSR count). The van der Waals surface area contributed by atoms with Gasteiger partial charge in [0.1, 0.15) is 61.8 Å². The quantitative estimate of drug-likeness (QED) is 0.0226. The first kappa shape index (κ1) is 124. The average Bonchev–Trinajstić information content (AvgIpc) is 0.793. The molecule has 15 atom stereocenters. The molecule has 0 aromatic heterocycles. The van der Waals surface area contributed by atoms with Crippen LogP contribution in [0.3, 0.4) is 0 Å². The predicted molar refractivity (Wildman–Crippen MR) is 489 cm³/mol. The van der Waals surface area contributed by atoms with Gasteiger partial charge in [0.25, 0.3) is 0 Å². The van der Waals surface area contributed by atoms with E-state index in [1.54, 1.807) is 0 Å². The zero-order chi connectivity index (χ0) is 105. The molecule has 0 aromatic rings. The predicted octanol–water partition coefficient (Wildman–Crippen LogP) is 0.532. The fraction of sp³-hybridized carbons (Fsp3) is 0.783. The summed E-state index contributed by atoms with van der Waals surface area (Å²) in [7, 11) is 1.35. The van der Waals surface area contributed by atoms with Crippen molar-refractivity contribution in [3.05, 3.63) is 0 Å². The van der Waals surface area contributed by atoms with Crippen LogP contribution in [-0.4, -0.2) is 342 Å². The summed E-state index contributed by atoms with van der Waals surface area (Å²) in [6.45, 7) is 12.1. The van der Waals surface area contributed by atoms with Gasteiger partial charge in [-0.15, -0.1) is 0 Å². The Morgan fingerprint density at radius 3 is 0.738 bits per heavy atom. The highest BCUT2D eigenvalue weighted by Gasteiger charge is 2.55. The van der Waals surface area contributed by atoms with Crippen molar-refractivity contribution in [2.75, 3.05) is 126 Å². The normalized spacial score (nSPS) is 20.8. The molecule has 0 spiro atoms. The summed E-state index contributed by atoms with van der Waals surface area (Å²) in [5, 5.41) is 27.7. The first-order valence-corrected chi connectivity index (χ1v) is 47.9. The molecular formula is C92H150N10O39. The maximum Gasteiger partial charge on any atom is 0.305 e. The second-order valence-electron chi connectivity index (χ2n) is 33.9. The molecule has 10 amide bonds. The molecule has 141 heavy (non-hydrogen) atoms. The van der Waals surface area contributed by atoms with E-state index in [4.69, 9.17) is 90.0 Å². The van der Waals surface area contributed by atoms with Gasteiger partial charge >= 0.3 is 59.7 Å². The molecule has 49 nitrogen and oxygen atoms in total. The van der Waals surface area contributed by atoms with Gasteiger partial charge in [0, 0.05) is 194 Å². The van der Waals surface area contributed by atoms with Crippen LogP contribution in [0.15, 0.2) is 0 Å². The minimum absolute atomic E-state index is 0.0149. The van der Waals surface area contributed by atoms with Crippen molar-refractivity contribution in [3.8, 4) is 0 Å². The second kappa shape index (κ2) is 71.5. The van der Waals surface area contributed by atoms with E-state index >= 15 is 0 Å². The summed E-state index contributed by atoms with van der Waals surface area (Å²) in [4.78, 5) is 250. The summed E-state index contributed by atoms with van der Waals surface area (Å²) < 4.78 is 107. The van der Waals surface area contributed by atoms with Crippen molar-refractivity contribution in [3.63, 3.8) is 0 Å². The highest BCUT2D eigenvalue weighted by molar-refractivity contribution is 5.80. The number of hydrogen-bond acceptors (Lipinski definition) is 39. The Balaban J connectivity index is 1.68. The molecular weight excluding hydrogens is 1870 g/mol. The lowest BCUT2D eigenvalue weighted by Gasteiger charge is -2.44. The van der Waals surface area contributed by atoms with Gasteiger partial charge in [-0.1, -0.05) is 38.5 Å². The van der Waals surface area contributed by atoms with Gasteiger partial charge in [-0.2, -0.15) is 0 Å². The fourth-order valence-corrected chi connectivity index (χ4v) is 14.8. The zero-order valence-electron chi connectivity index (χ0n) is 83.5. The third-order valence-electron chi connectivity index (χ3n) is 21.2. The maximum absolute atomic E-state index is 14.1. The van der Waals surface area contributed by atoms with Crippen LogP contribution in [0.25, 0.3) is 0 Å². The molecule has 0 radical (unpaired) electrons. The zero-order valence-corrected chi connectivity index (χ0v) is 83.5. The Kier molecular flexibility index (Phi) is 63.0. The Bertz CT molecular complexity index is 3590. The summed E-state index contributed by atoms with van der Waals surface area (Å²) in [5.41, 5.74) is -1.48. The van der Waals surface area contributed by atoms with E-state index in [1.165, 1.54) is 27.9 Å². The van der Waals surface area contributed by atoms with E-state index in [2.05, 4.69) is 53.2 Å². The third kappa shape index (κ3) is 56.5. The Morgan fingerprint density at radius 2 is 0.489 bits per heavy atom. The SMILES string of the molecule is COC(=O)CCCCCCCCCCC(=O)NC(COCCC(=O)NCCCNC(=O)CCCCO[C@@H]1O[C@H](COC(C)=O)[C@H](OC(C)=O)[C@H](OC(C)=O)[C@H]1NC(C)=O)(COCCC(=O)NCCCNC(=O)CCCCO[C@@H]1O[C@H](COC(C)=O)[C@H](OC(C)=O)[C@H](OC(C)=O)[C@H]1NC(C)=O)COCCC(=O)NCCCNC(=O)CCCCO[C@@H]1O[C@H](COC(C)=O)[C@H](OC(C)=O)[C@H](OC(C)=O)[C@H]1NC(C)=O. The van der Waals surface area contributed by atoms with Gasteiger partial charge in [-0.25, -0.2) is 0 Å². The lowest BCUT2D eigenvalue weighted by molar-refractivity contribution is -0.277. The minimum atomic E-state index is -1.48. The highest BCUT2D eigenvalue weighted by atomic mass is 16.7. The molecule has 802 valence electrons. The standard InChI is InChI=1S/C92H150N10O39/c1-57(103)99-80-86(136-66(10)112)83(133-63(7)109)69(51-130-60(4)106)139-89(80)127-45-25-22-31-72(115)93-39-28-42-96-75(118)36-48-124-54-92(102-78(121)34-20-18-16-14-15-17-19-21-35-79(122)123-13,55-125-49-37-76(119)97-43-29-40-94-73(116)32-23-26-46-128-90-81(100-58(2)104)87(137-67(11)113)84(134-64(8)110)70(140-90)52-131-61(5)107)56-126-50-38-77(120)98-44-30-41-95-74(117)33-24-27-47-129-91-82(101-59(3)105)88(138-68(12)114)85(135-65(9)111)71(141-91)53-132-62(6)108/h69-71,80-91H,14-56H2,1-13H3,(H,93,115)(H,94,116)(H,95,117)(H,96,118)(H,97,119)(H,98,120)(H,99,103)(H,100,104)(H,101,105)(H,102,121)/t69-,70-,71-,80-,81-,82-,83+,84+,85+,86-,87-,88-,89-,90-,91-/m1/s1. The van der Waals surface area contributed by atoms with Crippen LogP contribution in [0.2, 0.25) is 0 Å². The van der Waals surface area contributed by atoms with Gasteiger partial charge < -0.3 is 143 Å². The number of methoxy groups -OCH3 is 1. The molecule has 49 heteroatoms. The van der Waals surface area contributed by atoms with Gasteiger partial charge in [-0.3, -0.25) is 95.9 Å². The molecule has 3 aliphatic heterocycles. The highest BCUT2D eigenvalue weighted by Crippen LogP contribution is 2.32. The fourth-order valence-electron chi connectivity index (χ4n) is 14.8. The third-order valence-corrected chi connectivity index (χ3v) is 21.2. The van der Waals surface area contributed by atoms with Gasteiger partial charge in [0.2, 0.25) is 59.1 Å². The molecule has 10 N–H and O–H groups in total. The smallest absolute Gasteiger partial charge is 0.305 e. The summed E-state index contributed by atoms with van der Waals surface area (Å²) in [5.74, 6) is -11.1. The molecule has 0 aromatic carbocycles. The monoisotopic (exact) mass is 2020 g/mol. The molecule has 3 saturated heterocycles. The van der Waals surface area contributed by atoms with E-state index in [0.717, 1.165) is 94.4 Å². The first-order valence-electron chi connectivity index (χ1n) is 47.9. The molecule has 0 unspecified atom stereocenters. The van der Waals surface area contributed by atoms with Crippen LogP contribution in [0.1, 0.15) is 244 Å². The number of carbonyl (C=O) groups excluding carboxylic acids is 20. The number of nitrogens with one attached hydrogen (secondary N) is 10. The van der Waals surface area contributed by atoms with Crippen molar-refractivity contribution in [1.29, 1.82) is 0 Å². The number of amides is 10. The van der Waals surface area contributed by atoms with Crippen molar-refractivity contribution in [1.82, 2.24) is 53.2 Å².